The predicted molar refractivity (Wildman–Crippen MR) is 90.7 cm³/mol. The van der Waals surface area contributed by atoms with E-state index in [2.05, 4.69) is 9.64 Å². The number of carbonyl (C=O) groups excluding carboxylic acids is 1. The second-order valence-electron chi connectivity index (χ2n) is 6.39. The Balaban J connectivity index is 1.52. The summed E-state index contributed by atoms with van der Waals surface area (Å²) >= 11 is 0. The van der Waals surface area contributed by atoms with Gasteiger partial charge in [0.2, 0.25) is 0 Å². The van der Waals surface area contributed by atoms with Crippen LogP contribution in [0.1, 0.15) is 15.9 Å². The lowest BCUT2D eigenvalue weighted by Gasteiger charge is -2.34. The summed E-state index contributed by atoms with van der Waals surface area (Å²) in [5, 5.41) is 0. The number of ether oxygens (including phenoxy) is 1. The normalized spacial score (nSPS) is 15.5. The summed E-state index contributed by atoms with van der Waals surface area (Å²) in [7, 11) is 0. The first-order valence-corrected chi connectivity index (χ1v) is 8.52. The Labute approximate surface area is 158 Å². The highest BCUT2D eigenvalue weighted by atomic mass is 19.4. The topological polar surface area (TPSA) is 32.8 Å². The molecule has 0 radical (unpaired) electrons. The van der Waals surface area contributed by atoms with E-state index in [-0.39, 0.29) is 17.2 Å². The third-order valence-corrected chi connectivity index (χ3v) is 4.39. The predicted octanol–water partition coefficient (Wildman–Crippen LogP) is 3.82. The molecule has 1 amide bonds. The van der Waals surface area contributed by atoms with Crippen LogP contribution in [0.4, 0.5) is 22.0 Å². The van der Waals surface area contributed by atoms with Crippen LogP contribution in [-0.4, -0.2) is 48.2 Å². The van der Waals surface area contributed by atoms with Crippen molar-refractivity contribution in [3.05, 3.63) is 65.2 Å². The number of benzene rings is 2. The number of amides is 1. The number of halogens is 5. The fraction of sp³-hybridized carbons (Fsp3) is 0.316. The van der Waals surface area contributed by atoms with Crippen LogP contribution in [0.25, 0.3) is 0 Å². The quantitative estimate of drug-likeness (QED) is 0.732. The van der Waals surface area contributed by atoms with Gasteiger partial charge in [-0.3, -0.25) is 9.69 Å². The lowest BCUT2D eigenvalue weighted by atomic mass is 10.1. The molecule has 3 rings (SSSR count). The summed E-state index contributed by atoms with van der Waals surface area (Å²) in [5.41, 5.74) is 0.905. The molecule has 1 fully saturated rings. The molecule has 0 saturated carbocycles. The molecule has 28 heavy (non-hydrogen) atoms. The highest BCUT2D eigenvalue weighted by Crippen LogP contribution is 2.23. The zero-order chi connectivity index (χ0) is 20.3. The average Bonchev–Trinajstić information content (AvgIpc) is 2.64. The second kappa shape index (κ2) is 8.14. The van der Waals surface area contributed by atoms with Crippen LogP contribution >= 0.6 is 0 Å². The summed E-state index contributed by atoms with van der Waals surface area (Å²) in [6.45, 7) is 2.44. The standard InChI is InChI=1S/C19H17F5N2O2/c20-16-6-3-14(11-17(16)21)18(27)26-9-7-25(8-10-26)12-13-1-4-15(5-2-13)28-19(22,23)24/h1-6,11H,7-10,12H2. The van der Waals surface area contributed by atoms with Gasteiger partial charge in [-0.05, 0) is 35.9 Å². The number of nitrogens with zero attached hydrogens (tertiary/aromatic N) is 2. The molecule has 2 aromatic carbocycles. The second-order valence-corrected chi connectivity index (χ2v) is 6.39. The molecule has 0 spiro atoms. The smallest absolute Gasteiger partial charge is 0.406 e. The number of hydrogen-bond acceptors (Lipinski definition) is 3. The van der Waals surface area contributed by atoms with Crippen LogP contribution in [0.2, 0.25) is 0 Å². The molecular weight excluding hydrogens is 383 g/mol. The minimum absolute atomic E-state index is 0.0904. The SMILES string of the molecule is O=C(c1ccc(F)c(F)c1)N1CCN(Cc2ccc(OC(F)(F)F)cc2)CC1. The van der Waals surface area contributed by atoms with Gasteiger partial charge in [-0.2, -0.15) is 0 Å². The molecule has 150 valence electrons. The van der Waals surface area contributed by atoms with Gasteiger partial charge in [0.1, 0.15) is 5.75 Å². The van der Waals surface area contributed by atoms with Crippen LogP contribution < -0.4 is 4.74 Å². The highest BCUT2D eigenvalue weighted by molar-refractivity contribution is 5.94. The van der Waals surface area contributed by atoms with E-state index in [0.717, 1.165) is 17.7 Å². The Morgan fingerprint density at radius 1 is 0.929 bits per heavy atom. The zero-order valence-electron chi connectivity index (χ0n) is 14.7. The fourth-order valence-corrected chi connectivity index (χ4v) is 2.98. The van der Waals surface area contributed by atoms with Gasteiger partial charge in [-0.25, -0.2) is 8.78 Å². The first-order chi connectivity index (χ1) is 13.2. The molecule has 2 aromatic rings. The summed E-state index contributed by atoms with van der Waals surface area (Å²) in [6, 6.07) is 8.68. The molecule has 4 nitrogen and oxygen atoms in total. The third-order valence-electron chi connectivity index (χ3n) is 4.39. The van der Waals surface area contributed by atoms with E-state index in [4.69, 9.17) is 0 Å². The number of hydrogen-bond donors (Lipinski definition) is 0. The van der Waals surface area contributed by atoms with E-state index in [1.165, 1.54) is 18.2 Å². The number of carbonyl (C=O) groups is 1. The Hall–Kier alpha value is -2.68. The van der Waals surface area contributed by atoms with Crippen molar-refractivity contribution in [3.63, 3.8) is 0 Å². The Bertz CT molecular complexity index is 831. The Morgan fingerprint density at radius 3 is 2.14 bits per heavy atom. The number of rotatable bonds is 4. The van der Waals surface area contributed by atoms with E-state index < -0.39 is 18.0 Å². The molecular formula is C19H17F5N2O2. The van der Waals surface area contributed by atoms with Crippen molar-refractivity contribution < 1.29 is 31.5 Å². The lowest BCUT2D eigenvalue weighted by molar-refractivity contribution is -0.274. The maximum absolute atomic E-state index is 13.3. The molecule has 0 unspecified atom stereocenters. The van der Waals surface area contributed by atoms with Gasteiger partial charge >= 0.3 is 6.36 Å². The van der Waals surface area contributed by atoms with E-state index in [1.54, 1.807) is 17.0 Å². The van der Waals surface area contributed by atoms with Crippen molar-refractivity contribution in [1.29, 1.82) is 0 Å². The van der Waals surface area contributed by atoms with Crippen molar-refractivity contribution in [1.82, 2.24) is 9.80 Å². The molecule has 0 bridgehead atoms. The average molecular weight is 400 g/mol. The van der Waals surface area contributed by atoms with Gasteiger partial charge in [-0.15, -0.1) is 13.2 Å². The molecule has 0 N–H and O–H groups in total. The van der Waals surface area contributed by atoms with Gasteiger partial charge < -0.3 is 9.64 Å². The van der Waals surface area contributed by atoms with E-state index >= 15 is 0 Å². The van der Waals surface area contributed by atoms with Crippen LogP contribution in [0.15, 0.2) is 42.5 Å². The lowest BCUT2D eigenvalue weighted by Crippen LogP contribution is -2.48. The Morgan fingerprint density at radius 2 is 1.57 bits per heavy atom. The monoisotopic (exact) mass is 400 g/mol. The van der Waals surface area contributed by atoms with Gasteiger partial charge in [-0.1, -0.05) is 12.1 Å². The summed E-state index contributed by atoms with van der Waals surface area (Å²) in [5.74, 6) is -2.72. The minimum Gasteiger partial charge on any atom is -0.406 e. The van der Waals surface area contributed by atoms with Crippen molar-refractivity contribution >= 4 is 5.91 Å². The summed E-state index contributed by atoms with van der Waals surface area (Å²) in [4.78, 5) is 16.0. The van der Waals surface area contributed by atoms with Crippen LogP contribution in [0, 0.1) is 11.6 Å². The molecule has 1 aliphatic heterocycles. The van der Waals surface area contributed by atoms with Crippen molar-refractivity contribution in [3.8, 4) is 5.75 Å². The molecule has 1 saturated heterocycles. The Kier molecular flexibility index (Phi) is 5.83. The van der Waals surface area contributed by atoms with E-state index in [9.17, 15) is 26.7 Å². The fourth-order valence-electron chi connectivity index (χ4n) is 2.98. The summed E-state index contributed by atoms with van der Waals surface area (Å²) in [6.07, 6.45) is -4.72. The largest absolute Gasteiger partial charge is 0.573 e. The maximum atomic E-state index is 13.3. The molecule has 1 heterocycles. The van der Waals surface area contributed by atoms with E-state index in [1.807, 2.05) is 0 Å². The van der Waals surface area contributed by atoms with Crippen molar-refractivity contribution in [2.75, 3.05) is 26.2 Å². The van der Waals surface area contributed by atoms with Crippen molar-refractivity contribution in [2.24, 2.45) is 0 Å². The first-order valence-electron chi connectivity index (χ1n) is 8.52. The van der Waals surface area contributed by atoms with Gasteiger partial charge in [0.05, 0.1) is 0 Å². The van der Waals surface area contributed by atoms with Crippen LogP contribution in [-0.2, 0) is 6.54 Å². The van der Waals surface area contributed by atoms with Gasteiger partial charge in [0, 0.05) is 38.3 Å². The maximum Gasteiger partial charge on any atom is 0.573 e. The van der Waals surface area contributed by atoms with Crippen LogP contribution in [0.3, 0.4) is 0 Å². The molecule has 0 atom stereocenters. The summed E-state index contributed by atoms with van der Waals surface area (Å²) < 4.78 is 66.7. The molecule has 9 heteroatoms. The minimum atomic E-state index is -4.72. The van der Waals surface area contributed by atoms with Crippen molar-refractivity contribution in [2.45, 2.75) is 12.9 Å². The molecule has 1 aliphatic rings. The number of piperazine rings is 1. The number of alkyl halides is 3. The zero-order valence-corrected chi connectivity index (χ0v) is 14.7. The highest BCUT2D eigenvalue weighted by Gasteiger charge is 2.31. The molecule has 0 aliphatic carbocycles. The van der Waals surface area contributed by atoms with Gasteiger partial charge in [0.15, 0.2) is 11.6 Å². The van der Waals surface area contributed by atoms with Gasteiger partial charge in [0.25, 0.3) is 5.91 Å². The third kappa shape index (κ3) is 5.19. The molecule has 0 aromatic heterocycles. The first kappa shape index (κ1) is 20.1. The van der Waals surface area contributed by atoms with E-state index in [0.29, 0.717) is 32.7 Å². The van der Waals surface area contributed by atoms with Crippen LogP contribution in [0.5, 0.6) is 5.75 Å².